The molecule has 2 rings (SSSR count). The number of nitrogens with zero attached hydrogens (tertiary/aromatic N) is 2. The molecule has 1 heterocycles. The molecule has 4 nitrogen and oxygen atoms in total. The number of hydrogen-bond acceptors (Lipinski definition) is 3. The van der Waals surface area contributed by atoms with Gasteiger partial charge in [0.15, 0.2) is 0 Å². The third-order valence-corrected chi connectivity index (χ3v) is 2.30. The summed E-state index contributed by atoms with van der Waals surface area (Å²) >= 11 is 5.91. The van der Waals surface area contributed by atoms with Crippen LogP contribution in [0.15, 0.2) is 30.6 Å². The number of nitrogens with two attached hydrogens (primary N) is 1. The summed E-state index contributed by atoms with van der Waals surface area (Å²) in [7, 11) is 1.60. The third kappa shape index (κ3) is 1.76. The highest BCUT2D eigenvalue weighted by molar-refractivity contribution is 6.30. The summed E-state index contributed by atoms with van der Waals surface area (Å²) < 4.78 is 6.93. The van der Waals surface area contributed by atoms with Crippen LogP contribution in [-0.2, 0) is 0 Å². The van der Waals surface area contributed by atoms with Crippen LogP contribution in [0.2, 0.25) is 5.02 Å². The van der Waals surface area contributed by atoms with Crippen LogP contribution in [0.3, 0.4) is 0 Å². The highest BCUT2D eigenvalue weighted by Gasteiger charge is 2.08. The maximum Gasteiger partial charge on any atom is 0.204 e. The van der Waals surface area contributed by atoms with E-state index in [1.165, 1.54) is 0 Å². The molecule has 0 atom stereocenters. The Balaban J connectivity index is 2.60. The van der Waals surface area contributed by atoms with Crippen molar-refractivity contribution in [2.75, 3.05) is 12.8 Å². The number of rotatable bonds is 2. The molecule has 0 bridgehead atoms. The molecule has 0 spiro atoms. The molecule has 0 aliphatic rings. The Morgan fingerprint density at radius 3 is 2.87 bits per heavy atom. The summed E-state index contributed by atoms with van der Waals surface area (Å²) in [6, 6.07) is 5.33. The highest BCUT2D eigenvalue weighted by atomic mass is 35.5. The predicted molar refractivity (Wildman–Crippen MR) is 59.5 cm³/mol. The van der Waals surface area contributed by atoms with Crippen LogP contribution < -0.4 is 10.5 Å². The SMILES string of the molecule is COc1ccc(Cl)cc1-n1ccnc1N. The largest absolute Gasteiger partial charge is 0.495 e. The van der Waals surface area contributed by atoms with Gasteiger partial charge in [-0.2, -0.15) is 0 Å². The first-order valence-corrected chi connectivity index (χ1v) is 4.73. The fourth-order valence-electron chi connectivity index (χ4n) is 1.37. The average molecular weight is 224 g/mol. The van der Waals surface area contributed by atoms with Crippen LogP contribution in [0.4, 0.5) is 5.95 Å². The van der Waals surface area contributed by atoms with Crippen molar-refractivity contribution in [3.63, 3.8) is 0 Å². The first-order valence-electron chi connectivity index (χ1n) is 4.35. The zero-order valence-electron chi connectivity index (χ0n) is 8.14. The smallest absolute Gasteiger partial charge is 0.204 e. The summed E-state index contributed by atoms with van der Waals surface area (Å²) in [6.45, 7) is 0. The van der Waals surface area contributed by atoms with Gasteiger partial charge in [-0.1, -0.05) is 11.6 Å². The van der Waals surface area contributed by atoms with Crippen molar-refractivity contribution in [3.05, 3.63) is 35.6 Å². The number of nitrogen functional groups attached to an aromatic ring is 1. The highest BCUT2D eigenvalue weighted by Crippen LogP contribution is 2.27. The first-order chi connectivity index (χ1) is 7.22. The van der Waals surface area contributed by atoms with E-state index in [2.05, 4.69) is 4.98 Å². The lowest BCUT2D eigenvalue weighted by Crippen LogP contribution is -2.01. The van der Waals surface area contributed by atoms with Gasteiger partial charge in [-0.05, 0) is 18.2 Å². The lowest BCUT2D eigenvalue weighted by molar-refractivity contribution is 0.413. The molecule has 2 aromatic rings. The summed E-state index contributed by atoms with van der Waals surface area (Å²) in [5.74, 6) is 1.10. The van der Waals surface area contributed by atoms with Crippen molar-refractivity contribution < 1.29 is 4.74 Å². The lowest BCUT2D eigenvalue weighted by atomic mass is 10.3. The second-order valence-corrected chi connectivity index (χ2v) is 3.41. The van der Waals surface area contributed by atoms with E-state index in [4.69, 9.17) is 22.1 Å². The van der Waals surface area contributed by atoms with Crippen LogP contribution in [0.5, 0.6) is 5.75 Å². The number of anilines is 1. The minimum atomic E-state index is 0.399. The number of benzene rings is 1. The molecular weight excluding hydrogens is 214 g/mol. The van der Waals surface area contributed by atoms with Gasteiger partial charge in [-0.3, -0.25) is 4.57 Å². The maximum atomic E-state index is 5.91. The molecule has 2 N–H and O–H groups in total. The van der Waals surface area contributed by atoms with Gasteiger partial charge in [0.05, 0.1) is 12.8 Å². The van der Waals surface area contributed by atoms with Crippen LogP contribution in [0, 0.1) is 0 Å². The minimum absolute atomic E-state index is 0.399. The van der Waals surface area contributed by atoms with Crippen molar-refractivity contribution in [1.29, 1.82) is 0 Å². The van der Waals surface area contributed by atoms with Gasteiger partial charge in [-0.15, -0.1) is 0 Å². The van der Waals surface area contributed by atoms with Crippen molar-refractivity contribution in [2.24, 2.45) is 0 Å². The molecule has 1 aromatic carbocycles. The molecule has 15 heavy (non-hydrogen) atoms. The fraction of sp³-hybridized carbons (Fsp3) is 0.100. The number of ether oxygens (including phenoxy) is 1. The van der Waals surface area contributed by atoms with E-state index < -0.39 is 0 Å². The van der Waals surface area contributed by atoms with E-state index in [1.54, 1.807) is 42.3 Å². The Morgan fingerprint density at radius 1 is 1.47 bits per heavy atom. The second-order valence-electron chi connectivity index (χ2n) is 2.97. The quantitative estimate of drug-likeness (QED) is 0.849. The molecule has 0 aliphatic heterocycles. The molecule has 0 aliphatic carbocycles. The first kappa shape index (κ1) is 9.86. The van der Waals surface area contributed by atoms with E-state index in [0.717, 1.165) is 5.69 Å². The van der Waals surface area contributed by atoms with Gasteiger partial charge >= 0.3 is 0 Å². The maximum absolute atomic E-state index is 5.91. The molecule has 78 valence electrons. The van der Waals surface area contributed by atoms with Crippen LogP contribution in [0.25, 0.3) is 5.69 Å². The standard InChI is InChI=1S/C10H10ClN3O/c1-15-9-3-2-7(11)6-8(9)14-5-4-13-10(14)12/h2-6H,1H3,(H2,12,13). The Kier molecular flexibility index (Phi) is 2.51. The van der Waals surface area contributed by atoms with Crippen LogP contribution in [-0.4, -0.2) is 16.7 Å². The van der Waals surface area contributed by atoms with Crippen molar-refractivity contribution in [2.45, 2.75) is 0 Å². The Bertz CT molecular complexity index is 481. The lowest BCUT2D eigenvalue weighted by Gasteiger charge is -2.10. The van der Waals surface area contributed by atoms with E-state index >= 15 is 0 Å². The summed E-state index contributed by atoms with van der Waals surface area (Å²) in [5.41, 5.74) is 6.48. The Labute approximate surface area is 92.2 Å². The molecular formula is C10H10ClN3O. The number of hydrogen-bond donors (Lipinski definition) is 1. The predicted octanol–water partition coefficient (Wildman–Crippen LogP) is 2.12. The minimum Gasteiger partial charge on any atom is -0.495 e. The van der Waals surface area contributed by atoms with Gasteiger partial charge in [0.25, 0.3) is 0 Å². The zero-order valence-corrected chi connectivity index (χ0v) is 8.90. The topological polar surface area (TPSA) is 53.1 Å². The number of methoxy groups -OCH3 is 1. The monoisotopic (exact) mass is 223 g/mol. The number of aromatic nitrogens is 2. The summed E-state index contributed by atoms with van der Waals surface area (Å²) in [4.78, 5) is 3.94. The van der Waals surface area contributed by atoms with Crippen molar-refractivity contribution >= 4 is 17.5 Å². The van der Waals surface area contributed by atoms with Crippen LogP contribution >= 0.6 is 11.6 Å². The van der Waals surface area contributed by atoms with Crippen molar-refractivity contribution in [1.82, 2.24) is 9.55 Å². The normalized spacial score (nSPS) is 10.3. The van der Waals surface area contributed by atoms with Gasteiger partial charge in [0, 0.05) is 17.4 Å². The van der Waals surface area contributed by atoms with E-state index in [9.17, 15) is 0 Å². The Morgan fingerprint density at radius 2 is 2.27 bits per heavy atom. The molecule has 1 aromatic heterocycles. The zero-order chi connectivity index (χ0) is 10.8. The average Bonchev–Trinajstić information content (AvgIpc) is 2.64. The third-order valence-electron chi connectivity index (χ3n) is 2.07. The molecule has 0 amide bonds. The molecule has 0 saturated heterocycles. The number of halogens is 1. The fourth-order valence-corrected chi connectivity index (χ4v) is 1.54. The molecule has 0 radical (unpaired) electrons. The van der Waals surface area contributed by atoms with Crippen molar-refractivity contribution in [3.8, 4) is 11.4 Å². The van der Waals surface area contributed by atoms with E-state index in [0.29, 0.717) is 16.7 Å². The summed E-state index contributed by atoms with van der Waals surface area (Å²) in [6.07, 6.45) is 3.37. The van der Waals surface area contributed by atoms with Gasteiger partial charge in [0.2, 0.25) is 5.95 Å². The van der Waals surface area contributed by atoms with E-state index in [1.807, 2.05) is 0 Å². The molecule has 0 saturated carbocycles. The number of imidazole rings is 1. The molecule has 0 unspecified atom stereocenters. The van der Waals surface area contributed by atoms with Gasteiger partial charge < -0.3 is 10.5 Å². The van der Waals surface area contributed by atoms with Crippen LogP contribution in [0.1, 0.15) is 0 Å². The molecule has 0 fully saturated rings. The second kappa shape index (κ2) is 3.82. The Hall–Kier alpha value is -1.68. The molecule has 5 heteroatoms. The van der Waals surface area contributed by atoms with Gasteiger partial charge in [-0.25, -0.2) is 4.98 Å². The van der Waals surface area contributed by atoms with E-state index in [-0.39, 0.29) is 0 Å². The van der Waals surface area contributed by atoms with Gasteiger partial charge in [0.1, 0.15) is 5.75 Å². The summed E-state index contributed by atoms with van der Waals surface area (Å²) in [5, 5.41) is 0.624.